The monoisotopic (exact) mass is 503 g/mol. The number of thioether (sulfide) groups is 1. The van der Waals surface area contributed by atoms with E-state index in [1.807, 2.05) is 70.4 Å². The SMILES string of the molecule is CCCN1CC=C[C@]2(C)S[C@]34C=CCN(C(C)(C)C)C(=O)C3N([C@@H](CO)C(C)C)C(=O)[C@@H]4[C@@H]2C1=O. The third kappa shape index (κ3) is 3.86. The Morgan fingerprint density at radius 3 is 2.29 bits per heavy atom. The Labute approximate surface area is 214 Å². The molecule has 35 heavy (non-hydrogen) atoms. The minimum Gasteiger partial charge on any atom is -0.394 e. The summed E-state index contributed by atoms with van der Waals surface area (Å²) in [5, 5.41) is 10.4. The van der Waals surface area contributed by atoms with Gasteiger partial charge < -0.3 is 19.8 Å². The lowest BCUT2D eigenvalue weighted by molar-refractivity contribution is -0.149. The molecule has 1 spiro atoms. The van der Waals surface area contributed by atoms with Crippen molar-refractivity contribution in [3.05, 3.63) is 24.3 Å². The lowest BCUT2D eigenvalue weighted by Gasteiger charge is -2.43. The molecule has 0 aromatic heterocycles. The molecule has 0 aromatic carbocycles. The highest BCUT2D eigenvalue weighted by atomic mass is 32.2. The maximum Gasteiger partial charge on any atom is 0.247 e. The minimum absolute atomic E-state index is 0.00876. The van der Waals surface area contributed by atoms with E-state index in [1.165, 1.54) is 0 Å². The van der Waals surface area contributed by atoms with Crippen molar-refractivity contribution < 1.29 is 19.5 Å². The van der Waals surface area contributed by atoms with Gasteiger partial charge in [0.05, 0.1) is 29.2 Å². The van der Waals surface area contributed by atoms with Crippen LogP contribution >= 0.6 is 11.8 Å². The minimum atomic E-state index is -0.870. The molecule has 2 fully saturated rings. The third-order valence-corrected chi connectivity index (χ3v) is 9.99. The molecule has 4 aliphatic heterocycles. The lowest BCUT2D eigenvalue weighted by atomic mass is 9.74. The van der Waals surface area contributed by atoms with E-state index in [0.29, 0.717) is 19.6 Å². The summed E-state index contributed by atoms with van der Waals surface area (Å²) in [4.78, 5) is 48.0. The molecule has 0 saturated carbocycles. The number of carbonyl (C=O) groups excluding carboxylic acids is 3. The van der Waals surface area contributed by atoms with Crippen LogP contribution in [0, 0.1) is 17.8 Å². The van der Waals surface area contributed by atoms with E-state index in [-0.39, 0.29) is 30.2 Å². The van der Waals surface area contributed by atoms with E-state index in [2.05, 4.69) is 12.2 Å². The molecule has 0 aliphatic carbocycles. The molecule has 1 unspecified atom stereocenters. The average molecular weight is 504 g/mol. The molecule has 0 aromatic rings. The normalized spacial score (nSPS) is 35.9. The summed E-state index contributed by atoms with van der Waals surface area (Å²) in [5.74, 6) is -1.57. The Bertz CT molecular complexity index is 957. The van der Waals surface area contributed by atoms with Crippen molar-refractivity contribution in [3.63, 3.8) is 0 Å². The number of amides is 3. The average Bonchev–Trinajstić information content (AvgIpc) is 3.02. The third-order valence-electron chi connectivity index (χ3n) is 8.20. The van der Waals surface area contributed by atoms with E-state index >= 15 is 0 Å². The van der Waals surface area contributed by atoms with Gasteiger partial charge in [-0.1, -0.05) is 45.1 Å². The van der Waals surface area contributed by atoms with Crippen LogP contribution in [0.4, 0.5) is 0 Å². The van der Waals surface area contributed by atoms with Crippen LogP contribution in [0.5, 0.6) is 0 Å². The van der Waals surface area contributed by atoms with Crippen molar-refractivity contribution in [1.82, 2.24) is 14.7 Å². The van der Waals surface area contributed by atoms with Gasteiger partial charge in [-0.25, -0.2) is 0 Å². The highest BCUT2D eigenvalue weighted by molar-refractivity contribution is 8.02. The predicted molar refractivity (Wildman–Crippen MR) is 139 cm³/mol. The lowest BCUT2D eigenvalue weighted by Crippen LogP contribution is -2.60. The zero-order valence-corrected chi connectivity index (χ0v) is 23.0. The highest BCUT2D eigenvalue weighted by Crippen LogP contribution is 2.66. The number of hydrogen-bond donors (Lipinski definition) is 1. The summed E-state index contributed by atoms with van der Waals surface area (Å²) in [6.45, 7) is 15.4. The van der Waals surface area contributed by atoms with Crippen LogP contribution in [-0.2, 0) is 14.4 Å². The molecule has 8 heteroatoms. The maximum absolute atomic E-state index is 14.4. The van der Waals surface area contributed by atoms with Crippen LogP contribution in [0.1, 0.15) is 54.9 Å². The van der Waals surface area contributed by atoms with Gasteiger partial charge in [-0.05, 0) is 40.0 Å². The van der Waals surface area contributed by atoms with Crippen molar-refractivity contribution in [2.24, 2.45) is 17.8 Å². The molecule has 7 nitrogen and oxygen atoms in total. The first-order chi connectivity index (χ1) is 16.3. The van der Waals surface area contributed by atoms with Gasteiger partial charge >= 0.3 is 0 Å². The van der Waals surface area contributed by atoms with Gasteiger partial charge in [-0.3, -0.25) is 14.4 Å². The van der Waals surface area contributed by atoms with Gasteiger partial charge in [-0.15, -0.1) is 11.8 Å². The number of hydrogen-bond acceptors (Lipinski definition) is 5. The number of rotatable bonds is 5. The fraction of sp³-hybridized carbons (Fsp3) is 0.741. The van der Waals surface area contributed by atoms with Gasteiger partial charge in [0.2, 0.25) is 17.7 Å². The Hall–Kier alpha value is -1.80. The molecule has 2 saturated heterocycles. The van der Waals surface area contributed by atoms with Crippen LogP contribution in [-0.4, -0.2) is 90.9 Å². The molecular weight excluding hydrogens is 462 g/mol. The summed E-state index contributed by atoms with van der Waals surface area (Å²) >= 11 is 1.60. The van der Waals surface area contributed by atoms with E-state index < -0.39 is 39.0 Å². The molecular formula is C27H41N3O4S. The molecule has 6 atom stereocenters. The van der Waals surface area contributed by atoms with Gasteiger partial charge in [0.1, 0.15) is 6.04 Å². The summed E-state index contributed by atoms with van der Waals surface area (Å²) < 4.78 is -1.47. The van der Waals surface area contributed by atoms with Crippen molar-refractivity contribution in [2.75, 3.05) is 26.2 Å². The quantitative estimate of drug-likeness (QED) is 0.584. The van der Waals surface area contributed by atoms with Crippen LogP contribution in [0.25, 0.3) is 0 Å². The summed E-state index contributed by atoms with van der Waals surface area (Å²) in [7, 11) is 0. The molecule has 0 bridgehead atoms. The van der Waals surface area contributed by atoms with Crippen molar-refractivity contribution in [2.45, 2.75) is 82.0 Å². The number of aliphatic hydroxyl groups excluding tert-OH is 1. The second kappa shape index (κ2) is 8.94. The predicted octanol–water partition coefficient (Wildman–Crippen LogP) is 2.70. The van der Waals surface area contributed by atoms with Crippen molar-refractivity contribution in [3.8, 4) is 0 Å². The molecule has 194 valence electrons. The fourth-order valence-corrected chi connectivity index (χ4v) is 8.71. The fourth-order valence-electron chi connectivity index (χ4n) is 6.56. The standard InChI is InChI=1S/C27H41N3O4S/c1-8-13-28-14-9-11-26(7)19(22(28)32)20-23(33)30(18(16-31)17(2)3)21-24(34)29(25(4,5)6)15-10-12-27(20,21)35-26/h9-12,17-21,31H,8,13-16H2,1-7H3/t18-,19+,20-,21?,26-,27-/m0/s1. The first-order valence-electron chi connectivity index (χ1n) is 12.9. The molecule has 1 N–H and O–H groups in total. The van der Waals surface area contributed by atoms with Gasteiger partial charge in [0.15, 0.2) is 0 Å². The number of likely N-dealkylation sites (tertiary alicyclic amines) is 1. The van der Waals surface area contributed by atoms with E-state index in [0.717, 1.165) is 6.42 Å². The first-order valence-corrected chi connectivity index (χ1v) is 13.7. The number of nitrogens with zero attached hydrogens (tertiary/aromatic N) is 3. The first kappa shape index (κ1) is 26.3. The van der Waals surface area contributed by atoms with Crippen LogP contribution < -0.4 is 0 Å². The number of carbonyl (C=O) groups is 3. The van der Waals surface area contributed by atoms with Gasteiger partial charge in [0.25, 0.3) is 0 Å². The summed E-state index contributed by atoms with van der Waals surface area (Å²) in [6, 6.07) is -1.27. The number of aliphatic hydroxyl groups is 1. The highest BCUT2D eigenvalue weighted by Gasteiger charge is 2.74. The molecule has 0 radical (unpaired) electrons. The van der Waals surface area contributed by atoms with E-state index in [1.54, 1.807) is 16.7 Å². The van der Waals surface area contributed by atoms with Crippen LogP contribution in [0.15, 0.2) is 24.3 Å². The summed E-state index contributed by atoms with van der Waals surface area (Å²) in [6.07, 6.45) is 9.04. The Morgan fingerprint density at radius 1 is 1.06 bits per heavy atom. The Kier molecular flexibility index (Phi) is 6.71. The van der Waals surface area contributed by atoms with Crippen LogP contribution in [0.2, 0.25) is 0 Å². The zero-order valence-electron chi connectivity index (χ0n) is 22.2. The van der Waals surface area contributed by atoms with E-state index in [4.69, 9.17) is 0 Å². The van der Waals surface area contributed by atoms with Crippen molar-refractivity contribution in [1.29, 1.82) is 0 Å². The second-order valence-corrected chi connectivity index (χ2v) is 13.7. The van der Waals surface area contributed by atoms with E-state index in [9.17, 15) is 19.5 Å². The smallest absolute Gasteiger partial charge is 0.247 e. The Balaban J connectivity index is 1.92. The topological polar surface area (TPSA) is 81.2 Å². The van der Waals surface area contributed by atoms with Gasteiger partial charge in [-0.2, -0.15) is 0 Å². The van der Waals surface area contributed by atoms with Crippen molar-refractivity contribution >= 4 is 29.5 Å². The Morgan fingerprint density at radius 2 is 1.71 bits per heavy atom. The maximum atomic E-state index is 14.4. The molecule has 4 aliphatic rings. The molecule has 4 heterocycles. The zero-order chi connectivity index (χ0) is 25.9. The number of fused-ring (bicyclic) bond motifs is 2. The summed E-state index contributed by atoms with van der Waals surface area (Å²) in [5.41, 5.74) is -0.433. The second-order valence-electron chi connectivity index (χ2n) is 11.9. The molecule has 4 rings (SSSR count). The van der Waals surface area contributed by atoms with Crippen LogP contribution in [0.3, 0.4) is 0 Å². The van der Waals surface area contributed by atoms with Gasteiger partial charge in [0, 0.05) is 29.9 Å². The largest absolute Gasteiger partial charge is 0.394 e. The molecule has 3 amide bonds.